The van der Waals surface area contributed by atoms with Gasteiger partial charge in [0, 0.05) is 49.5 Å². The summed E-state index contributed by atoms with van der Waals surface area (Å²) in [6.45, 7) is 5.29. The second kappa shape index (κ2) is 10.8. The molecule has 2 aromatic rings. The molecular weight excluding hydrogens is 491 g/mol. The van der Waals surface area contributed by atoms with Crippen LogP contribution in [0.25, 0.3) is 0 Å². The lowest BCUT2D eigenvalue weighted by Crippen LogP contribution is -2.44. The van der Waals surface area contributed by atoms with E-state index in [4.69, 9.17) is 16.3 Å². The molecule has 1 aliphatic rings. The number of halogens is 2. The topological polar surface area (TPSA) is 66.7 Å². The largest absolute Gasteiger partial charge is 0.495 e. The molecule has 0 aliphatic carbocycles. The van der Waals surface area contributed by atoms with Gasteiger partial charge in [-0.3, -0.25) is 4.68 Å². The highest BCUT2D eigenvalue weighted by Crippen LogP contribution is 2.33. The van der Waals surface area contributed by atoms with Gasteiger partial charge in [0.15, 0.2) is 5.96 Å². The van der Waals surface area contributed by atoms with Crippen LogP contribution in [0.2, 0.25) is 5.02 Å². The van der Waals surface area contributed by atoms with Crippen molar-refractivity contribution in [3.05, 3.63) is 41.2 Å². The third kappa shape index (κ3) is 5.91. The number of hydrogen-bond acceptors (Lipinski definition) is 4. The Morgan fingerprint density at radius 3 is 2.93 bits per heavy atom. The molecule has 7 nitrogen and oxygen atoms in total. The van der Waals surface area contributed by atoms with Crippen molar-refractivity contribution in [1.82, 2.24) is 20.4 Å². The Balaban J connectivity index is 0.00000280. The van der Waals surface area contributed by atoms with E-state index in [0.29, 0.717) is 17.6 Å². The number of aromatic nitrogens is 2. The maximum Gasteiger partial charge on any atom is 0.191 e. The minimum Gasteiger partial charge on any atom is -0.495 e. The average Bonchev–Trinajstić information content (AvgIpc) is 3.29. The molecule has 0 amide bonds. The van der Waals surface area contributed by atoms with Gasteiger partial charge >= 0.3 is 0 Å². The number of rotatable bonds is 6. The molecule has 28 heavy (non-hydrogen) atoms. The summed E-state index contributed by atoms with van der Waals surface area (Å²) in [5, 5.41) is 11.8. The fourth-order valence-electron chi connectivity index (χ4n) is 3.24. The molecule has 9 heteroatoms. The minimum atomic E-state index is 0. The predicted octanol–water partition coefficient (Wildman–Crippen LogP) is 3.03. The second-order valence-electron chi connectivity index (χ2n) is 6.61. The molecular formula is C19H28ClIN6O. The molecule has 1 unspecified atom stereocenters. The van der Waals surface area contributed by atoms with Crippen LogP contribution in [0.5, 0.6) is 5.75 Å². The Hall–Kier alpha value is -1.68. The smallest absolute Gasteiger partial charge is 0.191 e. The molecule has 1 atom stereocenters. The molecule has 1 saturated heterocycles. The zero-order valence-corrected chi connectivity index (χ0v) is 19.6. The van der Waals surface area contributed by atoms with Crippen molar-refractivity contribution in [2.45, 2.75) is 25.9 Å². The van der Waals surface area contributed by atoms with Gasteiger partial charge in [-0.15, -0.1) is 24.0 Å². The first-order valence-corrected chi connectivity index (χ1v) is 9.57. The van der Waals surface area contributed by atoms with E-state index in [0.717, 1.165) is 49.0 Å². The summed E-state index contributed by atoms with van der Waals surface area (Å²) < 4.78 is 7.28. The third-order valence-corrected chi connectivity index (χ3v) is 4.77. The fraction of sp³-hybridized carbons (Fsp3) is 0.474. The van der Waals surface area contributed by atoms with Gasteiger partial charge in [-0.1, -0.05) is 11.6 Å². The number of hydrogen-bond donors (Lipinski definition) is 2. The number of anilines is 1. The molecule has 3 rings (SSSR count). The van der Waals surface area contributed by atoms with Gasteiger partial charge in [0.05, 0.1) is 25.5 Å². The summed E-state index contributed by atoms with van der Waals surface area (Å²) in [5.74, 6) is 1.67. The van der Waals surface area contributed by atoms with E-state index in [2.05, 4.69) is 32.5 Å². The molecule has 1 fully saturated rings. The lowest BCUT2D eigenvalue weighted by molar-refractivity contribution is 0.415. The van der Waals surface area contributed by atoms with E-state index >= 15 is 0 Å². The number of guanidine groups is 1. The van der Waals surface area contributed by atoms with Crippen molar-refractivity contribution in [2.75, 3.05) is 31.6 Å². The van der Waals surface area contributed by atoms with Crippen LogP contribution >= 0.6 is 35.6 Å². The van der Waals surface area contributed by atoms with Crippen LogP contribution in [0, 0.1) is 0 Å². The van der Waals surface area contributed by atoms with Gasteiger partial charge in [0.1, 0.15) is 5.75 Å². The first-order chi connectivity index (χ1) is 13.1. The van der Waals surface area contributed by atoms with Gasteiger partial charge in [0.25, 0.3) is 0 Å². The first kappa shape index (κ1) is 22.6. The van der Waals surface area contributed by atoms with Crippen LogP contribution in [-0.2, 0) is 13.6 Å². The predicted molar refractivity (Wildman–Crippen MR) is 125 cm³/mol. The number of nitrogens with zero attached hydrogens (tertiary/aromatic N) is 4. The highest BCUT2D eigenvalue weighted by Gasteiger charge is 2.25. The quantitative estimate of drug-likeness (QED) is 0.350. The Labute approximate surface area is 188 Å². The summed E-state index contributed by atoms with van der Waals surface area (Å²) in [6.07, 6.45) is 4.85. The Bertz CT molecular complexity index is 796. The van der Waals surface area contributed by atoms with Gasteiger partial charge in [-0.2, -0.15) is 5.10 Å². The van der Waals surface area contributed by atoms with E-state index in [1.165, 1.54) is 0 Å². The third-order valence-electron chi connectivity index (χ3n) is 4.53. The zero-order chi connectivity index (χ0) is 19.2. The molecule has 154 valence electrons. The van der Waals surface area contributed by atoms with Gasteiger partial charge in [-0.25, -0.2) is 4.99 Å². The van der Waals surface area contributed by atoms with E-state index in [-0.39, 0.29) is 24.0 Å². The number of nitrogens with one attached hydrogen (secondary N) is 2. The molecule has 2 N–H and O–H groups in total. The monoisotopic (exact) mass is 518 g/mol. The van der Waals surface area contributed by atoms with Crippen LogP contribution in [0.4, 0.5) is 5.69 Å². The molecule has 0 bridgehead atoms. The number of benzene rings is 1. The maximum absolute atomic E-state index is 6.18. The van der Waals surface area contributed by atoms with Crippen LogP contribution in [0.1, 0.15) is 18.9 Å². The summed E-state index contributed by atoms with van der Waals surface area (Å²) in [4.78, 5) is 6.98. The lowest BCUT2D eigenvalue weighted by atomic mass is 10.2. The Morgan fingerprint density at radius 1 is 1.43 bits per heavy atom. The second-order valence-corrected chi connectivity index (χ2v) is 7.05. The van der Waals surface area contributed by atoms with Crippen LogP contribution in [-0.4, -0.2) is 48.5 Å². The van der Waals surface area contributed by atoms with E-state index in [9.17, 15) is 0 Å². The number of methoxy groups -OCH3 is 1. The lowest BCUT2D eigenvalue weighted by Gasteiger charge is -2.22. The molecule has 0 saturated carbocycles. The average molecular weight is 519 g/mol. The normalized spacial score (nSPS) is 16.6. The van der Waals surface area contributed by atoms with Crippen molar-refractivity contribution in [1.29, 1.82) is 0 Å². The summed E-state index contributed by atoms with van der Waals surface area (Å²) in [7, 11) is 3.60. The van der Waals surface area contributed by atoms with Crippen molar-refractivity contribution in [2.24, 2.45) is 12.0 Å². The Kier molecular flexibility index (Phi) is 8.68. The standard InChI is InChI=1S/C19H27ClN6O.HI/c1-4-21-19(22-10-14-11-23-25(2)12-14)24-16-7-8-26(13-16)17-9-15(20)5-6-18(17)27-3;/h5-6,9,11-12,16H,4,7-8,10,13H2,1-3H3,(H2,21,22,24);1H. The van der Waals surface area contributed by atoms with Crippen LogP contribution in [0.3, 0.4) is 0 Å². The molecule has 2 heterocycles. The van der Waals surface area contributed by atoms with Crippen molar-refractivity contribution in [3.63, 3.8) is 0 Å². The van der Waals surface area contributed by atoms with Gasteiger partial charge in [0.2, 0.25) is 0 Å². The SMILES string of the molecule is CCNC(=NCc1cnn(C)c1)NC1CCN(c2cc(Cl)ccc2OC)C1.I. The van der Waals surface area contributed by atoms with Crippen LogP contribution in [0.15, 0.2) is 35.6 Å². The molecule has 0 spiro atoms. The summed E-state index contributed by atoms with van der Waals surface area (Å²) in [6, 6.07) is 6.03. The number of aliphatic imine (C=N–C) groups is 1. The van der Waals surface area contributed by atoms with Crippen molar-refractivity contribution >= 4 is 47.2 Å². The number of aryl methyl sites for hydroxylation is 1. The molecule has 0 radical (unpaired) electrons. The Morgan fingerprint density at radius 2 is 2.25 bits per heavy atom. The first-order valence-electron chi connectivity index (χ1n) is 9.20. The summed E-state index contributed by atoms with van der Waals surface area (Å²) in [5.41, 5.74) is 2.12. The maximum atomic E-state index is 6.18. The van der Waals surface area contributed by atoms with Crippen molar-refractivity contribution in [3.8, 4) is 5.75 Å². The van der Waals surface area contributed by atoms with Gasteiger partial charge < -0.3 is 20.3 Å². The highest BCUT2D eigenvalue weighted by atomic mass is 127. The van der Waals surface area contributed by atoms with Crippen molar-refractivity contribution < 1.29 is 4.74 Å². The highest BCUT2D eigenvalue weighted by molar-refractivity contribution is 14.0. The number of ether oxygens (including phenoxy) is 1. The molecule has 1 aromatic heterocycles. The van der Waals surface area contributed by atoms with Gasteiger partial charge in [-0.05, 0) is 31.5 Å². The van der Waals surface area contributed by atoms with Crippen LogP contribution < -0.4 is 20.3 Å². The molecule has 1 aromatic carbocycles. The zero-order valence-electron chi connectivity index (χ0n) is 16.5. The molecule has 1 aliphatic heterocycles. The fourth-order valence-corrected chi connectivity index (χ4v) is 3.41. The summed E-state index contributed by atoms with van der Waals surface area (Å²) >= 11 is 6.18. The van der Waals surface area contributed by atoms with E-state index < -0.39 is 0 Å². The van der Waals surface area contributed by atoms with E-state index in [1.807, 2.05) is 37.6 Å². The van der Waals surface area contributed by atoms with E-state index in [1.54, 1.807) is 11.8 Å². The minimum absolute atomic E-state index is 0.